The molecule has 0 bridgehead atoms. The second-order valence-electron chi connectivity index (χ2n) is 16.4. The minimum atomic E-state index is -4.35. The van der Waals surface area contributed by atoms with Crippen molar-refractivity contribution in [3.05, 3.63) is 36.5 Å². The van der Waals surface area contributed by atoms with Gasteiger partial charge in [-0.05, 0) is 38.5 Å². The average Bonchev–Trinajstić information content (AvgIpc) is 3.12. The van der Waals surface area contributed by atoms with Crippen LogP contribution in [-0.2, 0) is 18.4 Å². The van der Waals surface area contributed by atoms with Crippen LogP contribution in [0.5, 0.6) is 0 Å². The number of phosphoric acid groups is 1. The molecule has 0 radical (unpaired) electrons. The first-order valence-electron chi connectivity index (χ1n) is 22.4. The smallest absolute Gasteiger partial charge is 0.387 e. The van der Waals surface area contributed by atoms with Gasteiger partial charge in [0.2, 0.25) is 5.91 Å². The van der Waals surface area contributed by atoms with E-state index in [1.54, 1.807) is 6.08 Å². The number of hydrogen-bond acceptors (Lipinski definition) is 5. The molecule has 0 fully saturated rings. The molecule has 0 aromatic heterocycles. The normalized spacial score (nSPS) is 14.7. The number of amides is 1. The molecule has 0 spiro atoms. The van der Waals surface area contributed by atoms with Gasteiger partial charge in [0, 0.05) is 6.42 Å². The number of aliphatic hydroxyl groups is 1. The van der Waals surface area contributed by atoms with Crippen LogP contribution in [0.1, 0.15) is 194 Å². The lowest BCUT2D eigenvalue weighted by molar-refractivity contribution is -0.870. The van der Waals surface area contributed by atoms with Crippen molar-refractivity contribution >= 4 is 13.7 Å². The first kappa shape index (κ1) is 52.7. The number of allylic oxidation sites excluding steroid dienone is 5. The van der Waals surface area contributed by atoms with Crippen LogP contribution in [0.2, 0.25) is 0 Å². The number of nitrogens with zero attached hydrogens (tertiary/aromatic N) is 1. The van der Waals surface area contributed by atoms with E-state index < -0.39 is 20.0 Å². The van der Waals surface area contributed by atoms with E-state index in [1.807, 2.05) is 33.3 Å². The fraction of sp³-hybridized carbons (Fsp3) is 0.844. The van der Waals surface area contributed by atoms with Gasteiger partial charge in [0.05, 0.1) is 39.9 Å². The molecule has 0 aromatic rings. The summed E-state index contributed by atoms with van der Waals surface area (Å²) in [7, 11) is 1.54. The summed E-state index contributed by atoms with van der Waals surface area (Å²) in [6.45, 7) is 4.76. The van der Waals surface area contributed by atoms with E-state index in [4.69, 9.17) is 9.05 Å². The summed E-state index contributed by atoms with van der Waals surface area (Å²) in [5.74, 6) is -0.244. The fourth-order valence-corrected chi connectivity index (χ4v) is 7.00. The average molecular weight is 784 g/mol. The van der Waals surface area contributed by atoms with Gasteiger partial charge in [-0.1, -0.05) is 185 Å². The van der Waals surface area contributed by atoms with E-state index in [2.05, 4.69) is 37.4 Å². The van der Waals surface area contributed by atoms with Crippen LogP contribution in [-0.4, -0.2) is 73.4 Å². The maximum Gasteiger partial charge on any atom is 0.472 e. The Labute approximate surface area is 334 Å². The lowest BCUT2D eigenvalue weighted by Gasteiger charge is -2.25. The number of aliphatic hydroxyl groups excluding tert-OH is 1. The van der Waals surface area contributed by atoms with Gasteiger partial charge in [-0.2, -0.15) is 0 Å². The molecule has 0 aliphatic carbocycles. The number of carbonyl (C=O) groups is 1. The summed E-state index contributed by atoms with van der Waals surface area (Å²) in [6, 6.07) is -0.874. The quantitative estimate of drug-likeness (QED) is 0.0247. The van der Waals surface area contributed by atoms with Crippen LogP contribution in [0.3, 0.4) is 0 Å². The Kier molecular flexibility index (Phi) is 36.4. The second kappa shape index (κ2) is 37.3. The third kappa shape index (κ3) is 39.0. The number of phosphoric ester groups is 1. The minimum absolute atomic E-state index is 0.0523. The number of rotatable bonds is 40. The highest BCUT2D eigenvalue weighted by atomic mass is 31.2. The van der Waals surface area contributed by atoms with Gasteiger partial charge in [0.1, 0.15) is 13.2 Å². The highest BCUT2D eigenvalue weighted by molar-refractivity contribution is 7.47. The zero-order chi connectivity index (χ0) is 40.0. The molecule has 0 saturated carbocycles. The molecule has 8 nitrogen and oxygen atoms in total. The minimum Gasteiger partial charge on any atom is -0.387 e. The van der Waals surface area contributed by atoms with E-state index in [0.29, 0.717) is 17.4 Å². The predicted molar refractivity (Wildman–Crippen MR) is 231 cm³/mol. The molecule has 1 amide bonds. The largest absolute Gasteiger partial charge is 0.472 e. The molecule has 0 saturated heterocycles. The lowest BCUT2D eigenvalue weighted by atomic mass is 10.0. The third-order valence-electron chi connectivity index (χ3n) is 9.87. The van der Waals surface area contributed by atoms with Crippen molar-refractivity contribution in [3.8, 4) is 0 Å². The summed E-state index contributed by atoms with van der Waals surface area (Å²) in [5.41, 5.74) is 0. The summed E-state index contributed by atoms with van der Waals surface area (Å²) in [6.07, 6.45) is 45.2. The van der Waals surface area contributed by atoms with Gasteiger partial charge in [0.25, 0.3) is 0 Å². The van der Waals surface area contributed by atoms with Crippen molar-refractivity contribution in [2.24, 2.45) is 0 Å². The van der Waals surface area contributed by atoms with Gasteiger partial charge in [-0.25, -0.2) is 4.57 Å². The Morgan fingerprint density at radius 1 is 0.630 bits per heavy atom. The van der Waals surface area contributed by atoms with Crippen molar-refractivity contribution in [1.29, 1.82) is 0 Å². The number of unbranched alkanes of at least 4 members (excludes halogenated alkanes) is 23. The summed E-state index contributed by atoms with van der Waals surface area (Å²) >= 11 is 0. The van der Waals surface area contributed by atoms with Crippen LogP contribution in [0.25, 0.3) is 0 Å². The Bertz CT molecular complexity index is 980. The van der Waals surface area contributed by atoms with Crippen LogP contribution in [0.4, 0.5) is 0 Å². The molecule has 0 heterocycles. The number of hydrogen-bond donors (Lipinski definition) is 3. The van der Waals surface area contributed by atoms with E-state index in [-0.39, 0.29) is 25.5 Å². The van der Waals surface area contributed by atoms with Gasteiger partial charge in [0.15, 0.2) is 0 Å². The van der Waals surface area contributed by atoms with Gasteiger partial charge < -0.3 is 19.8 Å². The SMILES string of the molecule is CCCCCCCC/C=C\C/C=C\CCC(=O)NC(COP(=O)(O)OCC[N+](C)(C)C)C(O)/C=C/CCCCCCCCCCCCCCCCCCC. The van der Waals surface area contributed by atoms with Gasteiger partial charge in [-0.3, -0.25) is 13.8 Å². The Hall–Kier alpha value is -1.28. The standard InChI is InChI=1S/C45H87N2O6P/c1-6-8-10-12-14-16-18-20-21-22-23-24-25-27-28-30-32-34-36-38-44(48)43(42-53-54(50,51)52-41-40-47(3,4)5)46-45(49)39-37-35-33-31-29-26-19-17-15-13-11-9-7-2/h26,29,33,35-36,38,43-44,48H,6-25,27-28,30-32,34,37,39-42H2,1-5H3,(H-,46,49,50,51)/p+1/b29-26-,35-33-,38-36+. The van der Waals surface area contributed by atoms with Crippen LogP contribution in [0.15, 0.2) is 36.5 Å². The summed E-state index contributed by atoms with van der Waals surface area (Å²) < 4.78 is 23.5. The Morgan fingerprint density at radius 3 is 1.52 bits per heavy atom. The van der Waals surface area contributed by atoms with Crippen LogP contribution >= 0.6 is 7.82 Å². The molecule has 0 aromatic carbocycles. The number of quaternary nitrogens is 1. The molecule has 3 N–H and O–H groups in total. The Morgan fingerprint density at radius 2 is 1.06 bits per heavy atom. The highest BCUT2D eigenvalue weighted by Crippen LogP contribution is 2.43. The van der Waals surface area contributed by atoms with E-state index in [0.717, 1.165) is 32.1 Å². The summed E-state index contributed by atoms with van der Waals surface area (Å²) in [5, 5.41) is 13.8. The van der Waals surface area contributed by atoms with Crippen molar-refractivity contribution in [3.63, 3.8) is 0 Å². The molecule has 0 rings (SSSR count). The van der Waals surface area contributed by atoms with Gasteiger partial charge >= 0.3 is 7.82 Å². The van der Waals surface area contributed by atoms with E-state index >= 15 is 0 Å². The predicted octanol–water partition coefficient (Wildman–Crippen LogP) is 12.3. The maximum atomic E-state index is 12.8. The zero-order valence-corrected chi connectivity index (χ0v) is 36.9. The zero-order valence-electron chi connectivity index (χ0n) is 36.0. The monoisotopic (exact) mass is 784 g/mol. The molecular weight excluding hydrogens is 695 g/mol. The van der Waals surface area contributed by atoms with Crippen molar-refractivity contribution in [1.82, 2.24) is 5.32 Å². The van der Waals surface area contributed by atoms with Crippen LogP contribution < -0.4 is 5.32 Å². The topological polar surface area (TPSA) is 105 Å². The third-order valence-corrected chi connectivity index (χ3v) is 10.9. The number of nitrogens with one attached hydrogen (secondary N) is 1. The summed E-state index contributed by atoms with van der Waals surface area (Å²) in [4.78, 5) is 23.0. The maximum absolute atomic E-state index is 12.8. The second-order valence-corrected chi connectivity index (χ2v) is 17.9. The first-order chi connectivity index (χ1) is 26.0. The molecule has 3 atom stereocenters. The number of likely N-dealkylation sites (N-methyl/N-ethyl adjacent to an activating group) is 1. The molecule has 3 unspecified atom stereocenters. The molecule has 318 valence electrons. The molecule has 0 aliphatic heterocycles. The van der Waals surface area contributed by atoms with Gasteiger partial charge in [-0.15, -0.1) is 0 Å². The van der Waals surface area contributed by atoms with Crippen molar-refractivity contribution in [2.75, 3.05) is 40.9 Å². The van der Waals surface area contributed by atoms with Crippen molar-refractivity contribution < 1.29 is 32.9 Å². The molecule has 54 heavy (non-hydrogen) atoms. The molecule has 9 heteroatoms. The first-order valence-corrected chi connectivity index (χ1v) is 23.9. The molecule has 0 aliphatic rings. The molecular formula is C45H88N2O6P+. The van der Waals surface area contributed by atoms with E-state index in [9.17, 15) is 19.4 Å². The van der Waals surface area contributed by atoms with E-state index in [1.165, 1.54) is 135 Å². The van der Waals surface area contributed by atoms with Crippen molar-refractivity contribution in [2.45, 2.75) is 206 Å². The highest BCUT2D eigenvalue weighted by Gasteiger charge is 2.27. The Balaban J connectivity index is 4.47. The van der Waals surface area contributed by atoms with Crippen LogP contribution in [0, 0.1) is 0 Å². The fourth-order valence-electron chi connectivity index (χ4n) is 6.27. The number of carbonyl (C=O) groups excluding carboxylic acids is 1. The lowest BCUT2D eigenvalue weighted by Crippen LogP contribution is -2.45.